The van der Waals surface area contributed by atoms with Crippen LogP contribution in [0.2, 0.25) is 0 Å². The predicted octanol–water partition coefficient (Wildman–Crippen LogP) is 2.18. The Morgan fingerprint density at radius 1 is 1.22 bits per heavy atom. The Labute approximate surface area is 102 Å². The van der Waals surface area contributed by atoms with Gasteiger partial charge in [-0.1, -0.05) is 0 Å². The summed E-state index contributed by atoms with van der Waals surface area (Å²) in [7, 11) is 0. The number of pyridine rings is 2. The molecule has 0 amide bonds. The lowest BCUT2D eigenvalue weighted by Gasteiger charge is -2.06. The monoisotopic (exact) mass is 249 g/mol. The van der Waals surface area contributed by atoms with E-state index in [-0.39, 0.29) is 17.9 Å². The largest absolute Gasteiger partial charge is 0.364 e. The van der Waals surface area contributed by atoms with E-state index in [1.54, 1.807) is 0 Å². The van der Waals surface area contributed by atoms with Gasteiger partial charge in [-0.05, 0) is 17.7 Å². The second-order valence-corrected chi connectivity index (χ2v) is 3.58. The van der Waals surface area contributed by atoms with Gasteiger partial charge in [0.1, 0.15) is 5.82 Å². The molecule has 0 bridgehead atoms. The molecule has 0 saturated heterocycles. The van der Waals surface area contributed by atoms with Gasteiger partial charge in [0.25, 0.3) is 0 Å². The lowest BCUT2D eigenvalue weighted by Crippen LogP contribution is -2.04. The van der Waals surface area contributed by atoms with Crippen molar-refractivity contribution in [2.45, 2.75) is 6.54 Å². The van der Waals surface area contributed by atoms with Crippen molar-refractivity contribution in [1.29, 1.82) is 0 Å². The summed E-state index contributed by atoms with van der Waals surface area (Å²) in [5, 5.41) is 2.70. The third kappa shape index (κ3) is 2.85. The summed E-state index contributed by atoms with van der Waals surface area (Å²) in [5.74, 6) is -1.09. The maximum Gasteiger partial charge on any atom is 0.166 e. The molecule has 2 aromatic rings. The molecule has 4 nitrogen and oxygen atoms in total. The molecule has 0 saturated carbocycles. The molecule has 1 N–H and O–H groups in total. The van der Waals surface area contributed by atoms with Crippen molar-refractivity contribution in [3.05, 3.63) is 53.5 Å². The molecule has 0 aliphatic rings. The van der Waals surface area contributed by atoms with Crippen LogP contribution in [0.1, 0.15) is 15.9 Å². The number of aldehydes is 1. The highest BCUT2D eigenvalue weighted by Crippen LogP contribution is 2.12. The van der Waals surface area contributed by atoms with E-state index in [1.807, 2.05) is 0 Å². The first-order valence-electron chi connectivity index (χ1n) is 5.13. The summed E-state index contributed by atoms with van der Waals surface area (Å²) in [6.45, 7) is 0.190. The first-order valence-corrected chi connectivity index (χ1v) is 5.13. The molecule has 0 atom stereocenters. The van der Waals surface area contributed by atoms with Gasteiger partial charge in [0, 0.05) is 24.5 Å². The fraction of sp³-hybridized carbons (Fsp3) is 0.0833. The van der Waals surface area contributed by atoms with E-state index >= 15 is 0 Å². The van der Waals surface area contributed by atoms with Crippen LogP contribution in [-0.4, -0.2) is 16.3 Å². The van der Waals surface area contributed by atoms with Crippen LogP contribution >= 0.6 is 0 Å². The number of halogens is 2. The Kier molecular flexibility index (Phi) is 3.57. The minimum Gasteiger partial charge on any atom is -0.364 e. The molecular weight excluding hydrogens is 240 g/mol. The van der Waals surface area contributed by atoms with Crippen LogP contribution in [0.3, 0.4) is 0 Å². The Morgan fingerprint density at radius 2 is 2.06 bits per heavy atom. The number of hydrogen-bond acceptors (Lipinski definition) is 4. The minimum atomic E-state index is -0.635. The highest BCUT2D eigenvalue weighted by atomic mass is 19.1. The Hall–Kier alpha value is -2.37. The maximum atomic E-state index is 13.4. The van der Waals surface area contributed by atoms with Crippen LogP contribution in [0.25, 0.3) is 0 Å². The fourth-order valence-electron chi connectivity index (χ4n) is 1.39. The molecule has 2 rings (SSSR count). The molecule has 0 unspecified atom stereocenters. The van der Waals surface area contributed by atoms with Crippen molar-refractivity contribution < 1.29 is 13.6 Å². The summed E-state index contributed by atoms with van der Waals surface area (Å²) in [4.78, 5) is 17.8. The first kappa shape index (κ1) is 12.1. The highest BCUT2D eigenvalue weighted by Gasteiger charge is 2.05. The summed E-state index contributed by atoms with van der Waals surface area (Å²) in [5.41, 5.74) is 0.723. The molecule has 92 valence electrons. The summed E-state index contributed by atoms with van der Waals surface area (Å²) in [6.07, 6.45) is 4.31. The minimum absolute atomic E-state index is 0.00450. The average Bonchev–Trinajstić information content (AvgIpc) is 2.37. The third-order valence-electron chi connectivity index (χ3n) is 2.22. The molecule has 0 aliphatic heterocycles. The molecule has 2 aromatic heterocycles. The van der Waals surface area contributed by atoms with E-state index in [9.17, 15) is 13.6 Å². The molecule has 0 aliphatic carbocycles. The normalized spacial score (nSPS) is 10.1. The smallest absolute Gasteiger partial charge is 0.166 e. The van der Waals surface area contributed by atoms with Crippen LogP contribution in [0.4, 0.5) is 14.6 Å². The summed E-state index contributed by atoms with van der Waals surface area (Å²) >= 11 is 0. The quantitative estimate of drug-likeness (QED) is 0.844. The molecule has 18 heavy (non-hydrogen) atoms. The molecule has 0 spiro atoms. The van der Waals surface area contributed by atoms with Crippen LogP contribution in [0.15, 0.2) is 30.7 Å². The number of aromatic nitrogens is 2. The first-order chi connectivity index (χ1) is 8.69. The standard InChI is InChI=1S/C12H9F2N3O/c13-10-1-8(3-15-6-10)4-16-12-11(14)2-9(7-18)5-17-12/h1-3,5-7H,4H2,(H,16,17). The van der Waals surface area contributed by atoms with Crippen molar-refractivity contribution in [1.82, 2.24) is 9.97 Å². The zero-order chi connectivity index (χ0) is 13.0. The zero-order valence-corrected chi connectivity index (χ0v) is 9.23. The molecule has 0 radical (unpaired) electrons. The molecule has 2 heterocycles. The Bertz CT molecular complexity index is 575. The van der Waals surface area contributed by atoms with Gasteiger partial charge in [-0.15, -0.1) is 0 Å². The molecule has 0 fully saturated rings. The summed E-state index contributed by atoms with van der Waals surface area (Å²) < 4.78 is 26.3. The lowest BCUT2D eigenvalue weighted by atomic mass is 10.2. The van der Waals surface area contributed by atoms with Gasteiger partial charge in [0.2, 0.25) is 0 Å². The number of hydrogen-bond donors (Lipinski definition) is 1. The number of nitrogens with zero attached hydrogens (tertiary/aromatic N) is 2. The van der Waals surface area contributed by atoms with E-state index < -0.39 is 11.6 Å². The van der Waals surface area contributed by atoms with Crippen molar-refractivity contribution >= 4 is 12.1 Å². The number of anilines is 1. The Morgan fingerprint density at radius 3 is 2.72 bits per heavy atom. The lowest BCUT2D eigenvalue weighted by molar-refractivity contribution is 0.112. The van der Waals surface area contributed by atoms with Crippen molar-refractivity contribution in [3.63, 3.8) is 0 Å². The van der Waals surface area contributed by atoms with Crippen LogP contribution in [0, 0.1) is 11.6 Å². The van der Waals surface area contributed by atoms with Gasteiger partial charge >= 0.3 is 0 Å². The number of nitrogens with one attached hydrogen (secondary N) is 1. The Balaban J connectivity index is 2.08. The van der Waals surface area contributed by atoms with Crippen molar-refractivity contribution in [2.75, 3.05) is 5.32 Å². The third-order valence-corrected chi connectivity index (χ3v) is 2.22. The van der Waals surface area contributed by atoms with E-state index in [1.165, 1.54) is 18.5 Å². The van der Waals surface area contributed by atoms with E-state index in [0.29, 0.717) is 11.8 Å². The second-order valence-electron chi connectivity index (χ2n) is 3.58. The van der Waals surface area contributed by atoms with Crippen LogP contribution in [0.5, 0.6) is 0 Å². The molecule has 0 aromatic carbocycles. The van der Waals surface area contributed by atoms with Gasteiger partial charge in [-0.2, -0.15) is 0 Å². The average molecular weight is 249 g/mol. The number of carbonyl (C=O) groups excluding carboxylic acids is 1. The number of carbonyl (C=O) groups is 1. The van der Waals surface area contributed by atoms with E-state index in [4.69, 9.17) is 0 Å². The van der Waals surface area contributed by atoms with Gasteiger partial charge < -0.3 is 5.32 Å². The topological polar surface area (TPSA) is 54.9 Å². The number of rotatable bonds is 4. The summed E-state index contributed by atoms with van der Waals surface area (Å²) in [6, 6.07) is 2.36. The molecular formula is C12H9F2N3O. The maximum absolute atomic E-state index is 13.4. The second kappa shape index (κ2) is 5.31. The van der Waals surface area contributed by atoms with Crippen LogP contribution < -0.4 is 5.32 Å². The van der Waals surface area contributed by atoms with Gasteiger partial charge in [-0.3, -0.25) is 9.78 Å². The van der Waals surface area contributed by atoms with Crippen molar-refractivity contribution in [2.24, 2.45) is 0 Å². The highest BCUT2D eigenvalue weighted by molar-refractivity contribution is 5.74. The van der Waals surface area contributed by atoms with Gasteiger partial charge in [-0.25, -0.2) is 13.8 Å². The van der Waals surface area contributed by atoms with Crippen molar-refractivity contribution in [3.8, 4) is 0 Å². The fourth-order valence-corrected chi connectivity index (χ4v) is 1.39. The zero-order valence-electron chi connectivity index (χ0n) is 9.23. The predicted molar refractivity (Wildman–Crippen MR) is 61.1 cm³/mol. The van der Waals surface area contributed by atoms with Crippen LogP contribution in [-0.2, 0) is 6.54 Å². The van der Waals surface area contributed by atoms with E-state index in [2.05, 4.69) is 15.3 Å². The SMILES string of the molecule is O=Cc1cnc(NCc2cncc(F)c2)c(F)c1. The van der Waals surface area contributed by atoms with Gasteiger partial charge in [0.05, 0.1) is 6.20 Å². The van der Waals surface area contributed by atoms with E-state index in [0.717, 1.165) is 12.3 Å². The molecule has 6 heteroatoms. The van der Waals surface area contributed by atoms with Gasteiger partial charge in [0.15, 0.2) is 17.9 Å².